The normalized spacial score (nSPS) is 13.2. The number of ether oxygens (including phenoxy) is 1. The fourth-order valence-corrected chi connectivity index (χ4v) is 1.10. The largest absolute Gasteiger partial charge is 0.479 e. The van der Waals surface area contributed by atoms with Crippen LogP contribution in [0, 0.1) is 0 Å². The molecule has 9 heteroatoms. The molecule has 0 aliphatic carbocycles. The van der Waals surface area contributed by atoms with E-state index in [1.807, 2.05) is 0 Å². The number of hydrogen-bond acceptors (Lipinski definition) is 4. The molecule has 1 aromatic rings. The molecule has 0 amide bonds. The highest BCUT2D eigenvalue weighted by Crippen LogP contribution is 2.36. The molecule has 1 aromatic heterocycles. The maximum atomic E-state index is 12.4. The molecule has 1 atom stereocenters. The van der Waals surface area contributed by atoms with Gasteiger partial charge < -0.3 is 9.84 Å². The van der Waals surface area contributed by atoms with Crippen molar-refractivity contribution in [2.75, 3.05) is 0 Å². The lowest BCUT2D eigenvalue weighted by Crippen LogP contribution is -2.24. The van der Waals surface area contributed by atoms with Crippen LogP contribution in [0.15, 0.2) is 6.33 Å². The van der Waals surface area contributed by atoms with E-state index in [0.29, 0.717) is 6.33 Å². The number of nitrogens with zero attached hydrogens (tertiary/aromatic N) is 2. The van der Waals surface area contributed by atoms with Crippen molar-refractivity contribution in [1.82, 2.24) is 9.97 Å². The van der Waals surface area contributed by atoms with E-state index in [9.17, 15) is 18.0 Å². The van der Waals surface area contributed by atoms with Crippen LogP contribution in [0.5, 0.6) is 5.88 Å². The lowest BCUT2D eigenvalue weighted by Gasteiger charge is -2.13. The Hall–Kier alpha value is -1.57. The van der Waals surface area contributed by atoms with Crippen LogP contribution in [-0.4, -0.2) is 27.1 Å². The number of carbonyl (C=O) groups is 1. The summed E-state index contributed by atoms with van der Waals surface area (Å²) < 4.78 is 41.8. The molecular formula is C8H6ClF3N2O3. The Kier molecular flexibility index (Phi) is 3.76. The summed E-state index contributed by atoms with van der Waals surface area (Å²) in [6, 6.07) is 0. The zero-order valence-electron chi connectivity index (χ0n) is 8.32. The average molecular weight is 271 g/mol. The van der Waals surface area contributed by atoms with Crippen LogP contribution < -0.4 is 4.74 Å². The third-order valence-corrected chi connectivity index (χ3v) is 2.00. The molecule has 0 saturated carbocycles. The number of hydrogen-bond donors (Lipinski definition) is 1. The van der Waals surface area contributed by atoms with Crippen molar-refractivity contribution >= 4 is 17.6 Å². The number of aliphatic carboxylic acids is 1. The molecule has 1 heterocycles. The molecule has 17 heavy (non-hydrogen) atoms. The van der Waals surface area contributed by atoms with E-state index in [0.717, 1.165) is 6.92 Å². The van der Waals surface area contributed by atoms with Gasteiger partial charge in [0.25, 0.3) is 0 Å². The molecule has 1 N–H and O–H groups in total. The molecule has 0 fully saturated rings. The Labute approximate surface area is 98.2 Å². The van der Waals surface area contributed by atoms with Gasteiger partial charge in [-0.2, -0.15) is 13.2 Å². The molecule has 0 saturated heterocycles. The lowest BCUT2D eigenvalue weighted by molar-refractivity contribution is -0.144. The van der Waals surface area contributed by atoms with Crippen LogP contribution >= 0.6 is 11.6 Å². The molecule has 0 bridgehead atoms. The van der Waals surface area contributed by atoms with Gasteiger partial charge in [0.2, 0.25) is 5.88 Å². The maximum Gasteiger partial charge on any atom is 0.435 e. The smallest absolute Gasteiger partial charge is 0.435 e. The van der Waals surface area contributed by atoms with Crippen LogP contribution in [0.4, 0.5) is 13.2 Å². The quantitative estimate of drug-likeness (QED) is 0.909. The predicted octanol–water partition coefficient (Wildman–Crippen LogP) is 2.00. The zero-order chi connectivity index (χ0) is 13.2. The van der Waals surface area contributed by atoms with Crippen LogP contribution in [0.2, 0.25) is 5.02 Å². The zero-order valence-corrected chi connectivity index (χ0v) is 9.08. The Morgan fingerprint density at radius 1 is 1.53 bits per heavy atom. The maximum absolute atomic E-state index is 12.4. The monoisotopic (exact) mass is 270 g/mol. The first-order chi connectivity index (χ1) is 7.73. The van der Waals surface area contributed by atoms with Gasteiger partial charge >= 0.3 is 12.1 Å². The van der Waals surface area contributed by atoms with Crippen molar-refractivity contribution in [1.29, 1.82) is 0 Å². The van der Waals surface area contributed by atoms with E-state index in [4.69, 9.17) is 16.7 Å². The van der Waals surface area contributed by atoms with Crippen LogP contribution in [-0.2, 0) is 11.0 Å². The van der Waals surface area contributed by atoms with Crippen molar-refractivity contribution < 1.29 is 27.8 Å². The first-order valence-corrected chi connectivity index (χ1v) is 4.58. The van der Waals surface area contributed by atoms with Crippen molar-refractivity contribution in [3.8, 4) is 5.88 Å². The molecule has 0 aliphatic heterocycles. The third-order valence-electron chi connectivity index (χ3n) is 1.66. The third kappa shape index (κ3) is 3.19. The van der Waals surface area contributed by atoms with Gasteiger partial charge in [0, 0.05) is 0 Å². The summed E-state index contributed by atoms with van der Waals surface area (Å²) >= 11 is 5.38. The Morgan fingerprint density at radius 2 is 2.12 bits per heavy atom. The van der Waals surface area contributed by atoms with E-state index in [1.165, 1.54) is 0 Å². The first kappa shape index (κ1) is 13.5. The first-order valence-electron chi connectivity index (χ1n) is 4.20. The van der Waals surface area contributed by atoms with Crippen molar-refractivity contribution in [3.63, 3.8) is 0 Å². The number of alkyl halides is 3. The van der Waals surface area contributed by atoms with E-state index < -0.39 is 34.8 Å². The second kappa shape index (κ2) is 4.74. The highest BCUT2D eigenvalue weighted by Gasteiger charge is 2.37. The Balaban J connectivity index is 3.07. The van der Waals surface area contributed by atoms with Gasteiger partial charge in [-0.1, -0.05) is 11.6 Å². The second-order valence-electron chi connectivity index (χ2n) is 2.94. The summed E-state index contributed by atoms with van der Waals surface area (Å²) in [7, 11) is 0. The summed E-state index contributed by atoms with van der Waals surface area (Å²) in [6.07, 6.45) is -5.54. The minimum absolute atomic E-state index is 0.596. The van der Waals surface area contributed by atoms with E-state index in [-0.39, 0.29) is 0 Å². The minimum atomic E-state index is -4.76. The molecule has 0 radical (unpaired) electrons. The van der Waals surface area contributed by atoms with Gasteiger partial charge in [-0.25, -0.2) is 14.8 Å². The van der Waals surface area contributed by atoms with Gasteiger partial charge in [0.1, 0.15) is 11.3 Å². The second-order valence-corrected chi connectivity index (χ2v) is 3.32. The van der Waals surface area contributed by atoms with Gasteiger partial charge in [0.05, 0.1) is 0 Å². The predicted molar refractivity (Wildman–Crippen MR) is 49.8 cm³/mol. The van der Waals surface area contributed by atoms with Crippen LogP contribution in [0.1, 0.15) is 12.6 Å². The minimum Gasteiger partial charge on any atom is -0.479 e. The summed E-state index contributed by atoms with van der Waals surface area (Å²) in [6.45, 7) is 1.13. The van der Waals surface area contributed by atoms with Gasteiger partial charge in [-0.05, 0) is 6.92 Å². The fourth-order valence-electron chi connectivity index (χ4n) is 0.851. The van der Waals surface area contributed by atoms with Crippen molar-refractivity contribution in [3.05, 3.63) is 17.0 Å². The summed E-state index contributed by atoms with van der Waals surface area (Å²) in [4.78, 5) is 16.8. The Bertz CT molecular complexity index is 439. The number of carboxylic acids is 1. The highest BCUT2D eigenvalue weighted by molar-refractivity contribution is 6.32. The summed E-state index contributed by atoms with van der Waals surface area (Å²) in [5.74, 6) is -1.97. The topological polar surface area (TPSA) is 72.3 Å². The highest BCUT2D eigenvalue weighted by atomic mass is 35.5. The average Bonchev–Trinajstić information content (AvgIpc) is 2.19. The van der Waals surface area contributed by atoms with E-state index >= 15 is 0 Å². The number of halogens is 4. The SMILES string of the molecule is CC(Oc1ncnc(C(F)(F)F)c1Cl)C(=O)O. The molecule has 94 valence electrons. The summed E-state index contributed by atoms with van der Waals surface area (Å²) in [5.41, 5.74) is -1.37. The number of aromatic nitrogens is 2. The molecule has 0 aromatic carbocycles. The van der Waals surface area contributed by atoms with E-state index in [2.05, 4.69) is 14.7 Å². The van der Waals surface area contributed by atoms with Gasteiger partial charge in [-0.15, -0.1) is 0 Å². The molecular weight excluding hydrogens is 265 g/mol. The van der Waals surface area contributed by atoms with Crippen LogP contribution in [0.3, 0.4) is 0 Å². The van der Waals surface area contributed by atoms with Crippen molar-refractivity contribution in [2.45, 2.75) is 19.2 Å². The van der Waals surface area contributed by atoms with E-state index in [1.54, 1.807) is 0 Å². The van der Waals surface area contributed by atoms with Crippen molar-refractivity contribution in [2.24, 2.45) is 0 Å². The van der Waals surface area contributed by atoms with Gasteiger partial charge in [-0.3, -0.25) is 0 Å². The molecule has 5 nitrogen and oxygen atoms in total. The molecule has 0 spiro atoms. The molecule has 0 aliphatic rings. The van der Waals surface area contributed by atoms with Crippen LogP contribution in [0.25, 0.3) is 0 Å². The van der Waals surface area contributed by atoms with Gasteiger partial charge in [0.15, 0.2) is 11.8 Å². The lowest BCUT2D eigenvalue weighted by atomic mass is 10.4. The Morgan fingerprint density at radius 3 is 2.59 bits per heavy atom. The summed E-state index contributed by atoms with van der Waals surface area (Å²) in [5, 5.41) is 7.66. The standard InChI is InChI=1S/C8H6ClF3N2O3/c1-3(7(15)16)17-6-4(9)5(8(10,11)12)13-2-14-6/h2-3H,1H3,(H,15,16). The molecule has 1 unspecified atom stereocenters. The molecule has 1 rings (SSSR count). The fraction of sp³-hybridized carbons (Fsp3) is 0.375. The number of carboxylic acid groups (broad SMARTS) is 1. The number of rotatable bonds is 3.